The minimum absolute atomic E-state index is 0.0644. The van der Waals surface area contributed by atoms with Crippen molar-refractivity contribution in [3.63, 3.8) is 0 Å². The van der Waals surface area contributed by atoms with Gasteiger partial charge in [-0.15, -0.1) is 0 Å². The van der Waals surface area contributed by atoms with Crippen LogP contribution >= 0.6 is 0 Å². The molecule has 0 bridgehead atoms. The van der Waals surface area contributed by atoms with E-state index in [1.165, 1.54) is 30.3 Å². The number of nitrogens with one attached hydrogen (secondary N) is 2. The first kappa shape index (κ1) is 24.0. The van der Waals surface area contributed by atoms with E-state index in [2.05, 4.69) is 10.9 Å². The molecule has 5 rings (SSSR count). The van der Waals surface area contributed by atoms with Crippen LogP contribution in [0.25, 0.3) is 0 Å². The largest absolute Gasteiger partial charge is 0.508 e. The molecule has 4 unspecified atom stereocenters. The number of rotatable bonds is 7. The van der Waals surface area contributed by atoms with Crippen molar-refractivity contribution in [1.29, 1.82) is 0 Å². The van der Waals surface area contributed by atoms with Gasteiger partial charge in [0.15, 0.2) is 11.5 Å². The van der Waals surface area contributed by atoms with Crippen molar-refractivity contribution in [3.05, 3.63) is 89.0 Å². The molecule has 3 N–H and O–H groups in total. The lowest BCUT2D eigenvalue weighted by Crippen LogP contribution is -2.42. The number of hydrazine groups is 1. The average molecular weight is 496 g/mol. The Morgan fingerprint density at radius 3 is 2.31 bits per heavy atom. The zero-order valence-electron chi connectivity index (χ0n) is 19.9. The summed E-state index contributed by atoms with van der Waals surface area (Å²) >= 11 is 0. The smallest absolute Gasteiger partial charge is 0.242 e. The molecule has 3 aromatic rings. The number of methoxy groups -OCH3 is 2. The molecule has 2 fully saturated rings. The van der Waals surface area contributed by atoms with Crippen molar-refractivity contribution in [1.82, 2.24) is 15.8 Å². The topological polar surface area (TPSA) is 83.1 Å². The maximum atomic E-state index is 14.1. The molecule has 2 aliphatic rings. The van der Waals surface area contributed by atoms with E-state index in [4.69, 9.17) is 9.47 Å². The first-order chi connectivity index (χ1) is 17.4. The summed E-state index contributed by atoms with van der Waals surface area (Å²) < 4.78 is 38.6. The summed E-state index contributed by atoms with van der Waals surface area (Å²) in [6, 6.07) is 13.9. The lowest BCUT2D eigenvalue weighted by Gasteiger charge is -2.31. The highest BCUT2D eigenvalue weighted by Gasteiger charge is 2.55. The number of fused-ring (bicyclic) bond motifs is 1. The molecule has 188 valence electrons. The summed E-state index contributed by atoms with van der Waals surface area (Å²) in [4.78, 5) is 15.4. The fourth-order valence-corrected chi connectivity index (χ4v) is 5.34. The molecule has 2 aliphatic heterocycles. The zero-order valence-corrected chi connectivity index (χ0v) is 19.9. The van der Waals surface area contributed by atoms with Gasteiger partial charge in [0, 0.05) is 18.0 Å². The van der Waals surface area contributed by atoms with Gasteiger partial charge in [0.25, 0.3) is 0 Å². The molecule has 0 saturated carbocycles. The Balaban J connectivity index is 1.49. The van der Waals surface area contributed by atoms with Gasteiger partial charge in [0.2, 0.25) is 5.91 Å². The number of hydrogen-bond acceptors (Lipinski definition) is 6. The number of carbonyl (C=O) groups is 1. The molecule has 4 atom stereocenters. The van der Waals surface area contributed by atoms with Crippen LogP contribution in [0.2, 0.25) is 0 Å². The predicted molar refractivity (Wildman–Crippen MR) is 128 cm³/mol. The van der Waals surface area contributed by atoms with E-state index in [-0.39, 0.29) is 23.4 Å². The Morgan fingerprint density at radius 2 is 1.58 bits per heavy atom. The van der Waals surface area contributed by atoms with Crippen LogP contribution in [0.3, 0.4) is 0 Å². The van der Waals surface area contributed by atoms with Gasteiger partial charge >= 0.3 is 0 Å². The second kappa shape index (κ2) is 9.75. The third kappa shape index (κ3) is 4.25. The number of carbonyl (C=O) groups excluding carboxylic acids is 1. The highest BCUT2D eigenvalue weighted by atomic mass is 19.1. The number of hydrogen-bond donors (Lipinski definition) is 3. The van der Waals surface area contributed by atoms with Gasteiger partial charge in [-0.1, -0.05) is 18.2 Å². The fraction of sp³-hybridized carbons (Fsp3) is 0.296. The number of likely N-dealkylation sites (tertiary alicyclic amines) is 1. The van der Waals surface area contributed by atoms with E-state index in [9.17, 15) is 18.7 Å². The van der Waals surface area contributed by atoms with Gasteiger partial charge in [-0.3, -0.25) is 4.79 Å². The zero-order chi connectivity index (χ0) is 25.4. The minimum atomic E-state index is -0.599. The fourth-order valence-electron chi connectivity index (χ4n) is 5.34. The van der Waals surface area contributed by atoms with Crippen molar-refractivity contribution in [3.8, 4) is 17.2 Å². The van der Waals surface area contributed by atoms with Crippen LogP contribution in [0.1, 0.15) is 28.8 Å². The maximum Gasteiger partial charge on any atom is 0.242 e. The highest BCUT2D eigenvalue weighted by Crippen LogP contribution is 2.48. The number of phenolic OH excluding ortho intramolecular Hbond substituents is 1. The third-order valence-electron chi connectivity index (χ3n) is 7.04. The predicted octanol–water partition coefficient (Wildman–Crippen LogP) is 3.65. The lowest BCUT2D eigenvalue weighted by molar-refractivity contribution is -0.130. The van der Waals surface area contributed by atoms with E-state index in [1.54, 1.807) is 31.3 Å². The Hall–Kier alpha value is -3.69. The number of benzene rings is 3. The molecule has 0 radical (unpaired) electrons. The number of nitrogens with zero attached hydrogens (tertiary/aromatic N) is 1. The molecular weight excluding hydrogens is 468 g/mol. The summed E-state index contributed by atoms with van der Waals surface area (Å²) in [7, 11) is 3.14. The normalized spacial score (nSPS) is 23.1. The summed E-state index contributed by atoms with van der Waals surface area (Å²) in [5, 5.41) is 10.5. The van der Waals surface area contributed by atoms with Crippen LogP contribution in [0.15, 0.2) is 60.7 Å². The lowest BCUT2D eigenvalue weighted by atomic mass is 9.83. The molecule has 3 aromatic carbocycles. The van der Waals surface area contributed by atoms with Crippen LogP contribution in [0.5, 0.6) is 17.2 Å². The number of phenols is 1. The van der Waals surface area contributed by atoms with E-state index in [0.717, 1.165) is 11.1 Å². The van der Waals surface area contributed by atoms with Gasteiger partial charge < -0.3 is 19.5 Å². The van der Waals surface area contributed by atoms with E-state index in [0.29, 0.717) is 30.0 Å². The first-order valence-electron chi connectivity index (χ1n) is 11.7. The van der Waals surface area contributed by atoms with E-state index >= 15 is 0 Å². The molecule has 9 heteroatoms. The highest BCUT2D eigenvalue weighted by molar-refractivity contribution is 5.86. The van der Waals surface area contributed by atoms with Gasteiger partial charge in [-0.25, -0.2) is 19.6 Å². The third-order valence-corrected chi connectivity index (χ3v) is 7.04. The molecule has 2 saturated heterocycles. The second-order valence-corrected chi connectivity index (χ2v) is 8.99. The quantitative estimate of drug-likeness (QED) is 0.464. The van der Waals surface area contributed by atoms with Crippen LogP contribution in [-0.4, -0.2) is 42.7 Å². The van der Waals surface area contributed by atoms with Crippen LogP contribution in [-0.2, 0) is 11.2 Å². The summed E-state index contributed by atoms with van der Waals surface area (Å²) in [6.45, 7) is 0.396. The summed E-state index contributed by atoms with van der Waals surface area (Å²) in [5.41, 5.74) is 8.21. The monoisotopic (exact) mass is 495 g/mol. The molecule has 0 aliphatic carbocycles. The average Bonchev–Trinajstić information content (AvgIpc) is 3.43. The van der Waals surface area contributed by atoms with Crippen LogP contribution in [0, 0.1) is 17.6 Å². The SMILES string of the molecule is COc1ccc(CCN2C(=O)C3NNC(c4cc(F)ccc4O)C3C2c2ccc(F)cc2)cc1OC. The minimum Gasteiger partial charge on any atom is -0.508 e. The van der Waals surface area contributed by atoms with E-state index in [1.807, 2.05) is 18.2 Å². The van der Waals surface area contributed by atoms with Gasteiger partial charge in [0.05, 0.1) is 26.3 Å². The number of amides is 1. The Bertz CT molecular complexity index is 1270. The van der Waals surface area contributed by atoms with Crippen molar-refractivity contribution in [2.75, 3.05) is 20.8 Å². The first-order valence-corrected chi connectivity index (χ1v) is 11.7. The summed E-state index contributed by atoms with van der Waals surface area (Å²) in [5.74, 6) is -0.209. The van der Waals surface area contributed by atoms with Gasteiger partial charge in [-0.05, 0) is 60.0 Å². The van der Waals surface area contributed by atoms with E-state index < -0.39 is 23.9 Å². The number of halogens is 2. The molecule has 0 aromatic heterocycles. The number of ether oxygens (including phenoxy) is 2. The second-order valence-electron chi connectivity index (χ2n) is 8.99. The van der Waals surface area contributed by atoms with Crippen LogP contribution in [0.4, 0.5) is 8.78 Å². The Kier molecular flexibility index (Phi) is 6.51. The molecule has 36 heavy (non-hydrogen) atoms. The van der Waals surface area contributed by atoms with Gasteiger partial charge in [0.1, 0.15) is 23.4 Å². The molecule has 2 heterocycles. The van der Waals surface area contributed by atoms with Crippen molar-refractivity contribution < 1.29 is 28.2 Å². The van der Waals surface area contributed by atoms with Crippen molar-refractivity contribution in [2.24, 2.45) is 5.92 Å². The summed E-state index contributed by atoms with van der Waals surface area (Å²) in [6.07, 6.45) is 0.548. The maximum absolute atomic E-state index is 14.1. The molecule has 7 nitrogen and oxygen atoms in total. The standard InChI is InChI=1S/C27H27F2N3O4/c1-35-21-10-3-15(13-22(21)36-2)11-12-32-26(16-4-6-17(28)7-5-16)23-24(30-31-25(23)27(32)34)19-14-18(29)8-9-20(19)33/h3-10,13-14,23-26,30-31,33H,11-12H2,1-2H3. The molecule has 0 spiro atoms. The van der Waals surface area contributed by atoms with Crippen molar-refractivity contribution in [2.45, 2.75) is 24.5 Å². The Labute approximate surface area is 207 Å². The number of aromatic hydroxyl groups is 1. The Morgan fingerprint density at radius 1 is 0.889 bits per heavy atom. The van der Waals surface area contributed by atoms with Crippen LogP contribution < -0.4 is 20.3 Å². The van der Waals surface area contributed by atoms with Crippen molar-refractivity contribution >= 4 is 5.91 Å². The molecule has 1 amide bonds. The molecular formula is C27H27F2N3O4. The van der Waals surface area contributed by atoms with Gasteiger partial charge in [-0.2, -0.15) is 0 Å².